The van der Waals surface area contributed by atoms with E-state index in [0.717, 1.165) is 22.3 Å². The van der Waals surface area contributed by atoms with Gasteiger partial charge in [-0.3, -0.25) is 4.79 Å². The van der Waals surface area contributed by atoms with E-state index in [1.807, 2.05) is 78.9 Å². The highest BCUT2D eigenvalue weighted by Crippen LogP contribution is 2.32. The Morgan fingerprint density at radius 2 is 1.60 bits per heavy atom. The average Bonchev–Trinajstić information content (AvgIpc) is 3.35. The number of ether oxygens (including phenoxy) is 2. The van der Waals surface area contributed by atoms with Gasteiger partial charge in [0.2, 0.25) is 5.91 Å². The van der Waals surface area contributed by atoms with Crippen molar-refractivity contribution in [1.29, 1.82) is 0 Å². The molecule has 0 spiro atoms. The molecule has 3 unspecified atom stereocenters. The van der Waals surface area contributed by atoms with Gasteiger partial charge >= 0.3 is 6.09 Å². The molecule has 0 saturated carbocycles. The molecule has 1 aliphatic carbocycles. The Labute approximate surface area is 277 Å². The van der Waals surface area contributed by atoms with Gasteiger partial charge in [0.15, 0.2) is 0 Å². The number of fused-ring (bicyclic) bond motifs is 1. The molecule has 254 valence electrons. The van der Waals surface area contributed by atoms with Crippen molar-refractivity contribution in [1.82, 2.24) is 16.0 Å². The van der Waals surface area contributed by atoms with Gasteiger partial charge in [0.05, 0.1) is 30.9 Å². The van der Waals surface area contributed by atoms with Crippen molar-refractivity contribution < 1.29 is 34.4 Å². The van der Waals surface area contributed by atoms with Gasteiger partial charge in [-0.15, -0.1) is 0 Å². The van der Waals surface area contributed by atoms with Crippen LogP contribution < -0.4 is 20.7 Å². The Hall–Kier alpha value is -3.96. The second-order valence-electron chi connectivity index (χ2n) is 13.1. The van der Waals surface area contributed by atoms with E-state index in [0.29, 0.717) is 44.7 Å². The lowest BCUT2D eigenvalue weighted by Gasteiger charge is -2.29. The zero-order valence-electron chi connectivity index (χ0n) is 27.5. The molecular weight excluding hydrogens is 598 g/mol. The third-order valence-electron chi connectivity index (χ3n) is 8.11. The predicted octanol–water partition coefficient (Wildman–Crippen LogP) is 3.47. The summed E-state index contributed by atoms with van der Waals surface area (Å²) in [7, 11) is 0. The number of nitrogens with one attached hydrogen (secondary N) is 3. The molecular formula is C37H49N3O7. The first-order chi connectivity index (χ1) is 22.5. The molecule has 3 aromatic carbocycles. The summed E-state index contributed by atoms with van der Waals surface area (Å²) in [6, 6.07) is 23.4. The van der Waals surface area contributed by atoms with Crippen LogP contribution in [0, 0.1) is 5.92 Å². The number of hydrogen-bond acceptors (Lipinski definition) is 8. The van der Waals surface area contributed by atoms with Crippen LogP contribution >= 0.6 is 0 Å². The molecule has 0 fully saturated rings. The number of rotatable bonds is 16. The van der Waals surface area contributed by atoms with Gasteiger partial charge in [-0.1, -0.05) is 66.7 Å². The summed E-state index contributed by atoms with van der Waals surface area (Å²) < 4.78 is 11.3. The Morgan fingerprint density at radius 1 is 0.915 bits per heavy atom. The molecule has 0 aromatic heterocycles. The lowest BCUT2D eigenvalue weighted by atomic mass is 9.88. The molecule has 10 nitrogen and oxygen atoms in total. The summed E-state index contributed by atoms with van der Waals surface area (Å²) in [6.07, 6.45) is -1.34. The fraction of sp³-hybridized carbons (Fsp3) is 0.459. The molecule has 47 heavy (non-hydrogen) atoms. The molecule has 0 radical (unpaired) electrons. The van der Waals surface area contributed by atoms with Crippen molar-refractivity contribution in [2.45, 2.75) is 76.3 Å². The summed E-state index contributed by atoms with van der Waals surface area (Å²) in [5.74, 6) is -0.301. The standard InChI is InChI=1S/C37H49N3O7/c1-37(2,3)47-36(45)39-31(22-25-9-5-4-6-10-25)32(42)24-28(21-26-13-15-29(16-14-26)46-20-18-38-17-19-41)35(44)40-34-30-12-8-7-11-27(30)23-33(34)43/h4-16,28,31-34,38,41-43H,17-24H2,1-3H3,(H,39,45)(H,40,44)/t28?,31?,32?,33-,34-/m0/s1. The zero-order chi connectivity index (χ0) is 33.8. The van der Waals surface area contributed by atoms with Crippen LogP contribution in [0.2, 0.25) is 0 Å². The van der Waals surface area contributed by atoms with E-state index < -0.39 is 41.9 Å². The lowest BCUT2D eigenvalue weighted by Crippen LogP contribution is -2.48. The van der Waals surface area contributed by atoms with Gasteiger partial charge in [0, 0.05) is 25.4 Å². The molecule has 3 aromatic rings. The topological polar surface area (TPSA) is 149 Å². The minimum absolute atomic E-state index is 0.0539. The quantitative estimate of drug-likeness (QED) is 0.130. The average molecular weight is 648 g/mol. The summed E-state index contributed by atoms with van der Waals surface area (Å²) in [5, 5.41) is 40.4. The monoisotopic (exact) mass is 647 g/mol. The predicted molar refractivity (Wildman–Crippen MR) is 180 cm³/mol. The lowest BCUT2D eigenvalue weighted by molar-refractivity contribution is -0.127. The first-order valence-corrected chi connectivity index (χ1v) is 16.3. The van der Waals surface area contributed by atoms with Gasteiger partial charge in [-0.25, -0.2) is 4.79 Å². The maximum Gasteiger partial charge on any atom is 0.407 e. The highest BCUT2D eigenvalue weighted by molar-refractivity contribution is 5.80. The van der Waals surface area contributed by atoms with E-state index in [1.54, 1.807) is 20.8 Å². The third-order valence-corrected chi connectivity index (χ3v) is 8.11. The Bertz CT molecular complexity index is 1410. The van der Waals surface area contributed by atoms with E-state index in [9.17, 15) is 19.8 Å². The van der Waals surface area contributed by atoms with Gasteiger partial charge in [0.25, 0.3) is 0 Å². The van der Waals surface area contributed by atoms with Gasteiger partial charge in [-0.2, -0.15) is 0 Å². The van der Waals surface area contributed by atoms with Crippen LogP contribution in [0.5, 0.6) is 5.75 Å². The van der Waals surface area contributed by atoms with Crippen molar-refractivity contribution in [2.75, 3.05) is 26.3 Å². The first kappa shape index (κ1) is 35.9. The van der Waals surface area contributed by atoms with Crippen LogP contribution in [0.15, 0.2) is 78.9 Å². The van der Waals surface area contributed by atoms with Crippen LogP contribution in [0.25, 0.3) is 0 Å². The Balaban J connectivity index is 1.52. The van der Waals surface area contributed by atoms with E-state index >= 15 is 0 Å². The Morgan fingerprint density at radius 3 is 2.30 bits per heavy atom. The molecule has 0 aliphatic heterocycles. The number of aliphatic hydroxyl groups excluding tert-OH is 3. The van der Waals surface area contributed by atoms with Crippen molar-refractivity contribution in [3.05, 3.63) is 101 Å². The summed E-state index contributed by atoms with van der Waals surface area (Å²) in [5.41, 5.74) is 2.94. The Kier molecular flexibility index (Phi) is 13.2. The van der Waals surface area contributed by atoms with Crippen molar-refractivity contribution in [3.8, 4) is 5.75 Å². The largest absolute Gasteiger partial charge is 0.492 e. The number of amides is 2. The zero-order valence-corrected chi connectivity index (χ0v) is 27.5. The van der Waals surface area contributed by atoms with Gasteiger partial charge in [-0.05, 0) is 74.4 Å². The maximum absolute atomic E-state index is 14.0. The molecule has 0 bridgehead atoms. The molecule has 2 amide bonds. The number of alkyl carbamates (subject to hydrolysis) is 1. The van der Waals surface area contributed by atoms with E-state index in [2.05, 4.69) is 16.0 Å². The van der Waals surface area contributed by atoms with E-state index in [1.165, 1.54) is 0 Å². The molecule has 10 heteroatoms. The van der Waals surface area contributed by atoms with Crippen LogP contribution in [-0.2, 0) is 28.8 Å². The normalized spacial score (nSPS) is 17.7. The van der Waals surface area contributed by atoms with E-state index in [4.69, 9.17) is 14.6 Å². The van der Waals surface area contributed by atoms with Crippen molar-refractivity contribution in [3.63, 3.8) is 0 Å². The molecule has 0 saturated heterocycles. The van der Waals surface area contributed by atoms with Crippen LogP contribution in [0.3, 0.4) is 0 Å². The fourth-order valence-electron chi connectivity index (χ4n) is 5.82. The minimum Gasteiger partial charge on any atom is -0.492 e. The minimum atomic E-state index is -1.09. The van der Waals surface area contributed by atoms with Gasteiger partial charge < -0.3 is 40.7 Å². The molecule has 6 N–H and O–H groups in total. The SMILES string of the molecule is CC(C)(C)OC(=O)NC(Cc1ccccc1)C(O)CC(Cc1ccc(OCCNCCO)cc1)C(=O)N[C@H]1c2ccccc2C[C@@H]1O. The second kappa shape index (κ2) is 17.3. The molecule has 1 aliphatic rings. The summed E-state index contributed by atoms with van der Waals surface area (Å²) in [6.45, 7) is 6.92. The highest BCUT2D eigenvalue weighted by Gasteiger charge is 2.35. The number of benzene rings is 3. The molecule has 5 atom stereocenters. The van der Waals surface area contributed by atoms with Crippen LogP contribution in [-0.4, -0.2) is 77.5 Å². The third kappa shape index (κ3) is 11.4. The first-order valence-electron chi connectivity index (χ1n) is 16.3. The highest BCUT2D eigenvalue weighted by atomic mass is 16.6. The van der Waals surface area contributed by atoms with Crippen molar-refractivity contribution >= 4 is 12.0 Å². The number of carbonyl (C=O) groups excluding carboxylic acids is 2. The molecule has 0 heterocycles. The number of carbonyl (C=O) groups is 2. The van der Waals surface area contributed by atoms with Gasteiger partial charge in [0.1, 0.15) is 18.0 Å². The molecule has 4 rings (SSSR count). The number of aliphatic hydroxyl groups is 3. The van der Waals surface area contributed by atoms with Crippen LogP contribution in [0.4, 0.5) is 4.79 Å². The van der Waals surface area contributed by atoms with Crippen LogP contribution in [0.1, 0.15) is 55.5 Å². The summed E-state index contributed by atoms with van der Waals surface area (Å²) >= 11 is 0. The smallest absolute Gasteiger partial charge is 0.407 e. The van der Waals surface area contributed by atoms with E-state index in [-0.39, 0.29) is 18.9 Å². The maximum atomic E-state index is 14.0. The fourth-order valence-corrected chi connectivity index (χ4v) is 5.82. The summed E-state index contributed by atoms with van der Waals surface area (Å²) in [4.78, 5) is 26.8. The van der Waals surface area contributed by atoms with Crippen molar-refractivity contribution in [2.24, 2.45) is 5.92 Å². The number of hydrogen-bond donors (Lipinski definition) is 6. The second-order valence-corrected chi connectivity index (χ2v) is 13.1.